The van der Waals surface area contributed by atoms with Crippen LogP contribution in [0.2, 0.25) is 5.02 Å². The summed E-state index contributed by atoms with van der Waals surface area (Å²) in [5.41, 5.74) is -0.0328. The maximum absolute atomic E-state index is 15.2. The number of alkyl halides is 2. The topological polar surface area (TPSA) is 190 Å². The van der Waals surface area contributed by atoms with Gasteiger partial charge < -0.3 is 40.0 Å². The Hall–Kier alpha value is -5.31. The van der Waals surface area contributed by atoms with Gasteiger partial charge in [-0.15, -0.1) is 0 Å². The highest BCUT2D eigenvalue weighted by atomic mass is 79.9. The number of nitrogens with zero attached hydrogens (tertiary/aromatic N) is 4. The van der Waals surface area contributed by atoms with Crippen molar-refractivity contribution in [1.82, 2.24) is 35.3 Å². The molecule has 5 rings (SSSR count). The molecule has 0 unspecified atom stereocenters. The standard InChI is InChI=1S/C54H71BrClF2N7O9S/c1-52(2,3)72-44(66)23-14-12-20-39-46(67)62-40(21-15-16-27-64(32-43(57)58)50(70)73-53(4,5)6)49(69)63(10)42(28-34-31-65(51(71)74-54(7,8)9)41-22-13-11-19-35(34)41)47(68)61-30-36-37(55)24-25-38(56)45(36)75-48-33(29-60-39)18-17-26-59-48/h11,13,17-19,22,24-26,31,39-40,42-43,60H,12,14-16,20-21,23,27-30,32H2,1-10H3,(H,61,68)(H,62,67)/t39-,40-,42-/m0/s1. The van der Waals surface area contributed by atoms with E-state index in [9.17, 15) is 32.8 Å². The van der Waals surface area contributed by atoms with Gasteiger partial charge in [0.2, 0.25) is 17.7 Å². The maximum Gasteiger partial charge on any atom is 0.419 e. The van der Waals surface area contributed by atoms with Gasteiger partial charge in [-0.3, -0.25) is 23.7 Å². The predicted octanol–water partition coefficient (Wildman–Crippen LogP) is 10.6. The Balaban J connectivity index is 1.59. The Morgan fingerprint density at radius 3 is 2.20 bits per heavy atom. The quantitative estimate of drug-likeness (QED) is 0.0616. The third kappa shape index (κ3) is 18.4. The van der Waals surface area contributed by atoms with Gasteiger partial charge in [0.1, 0.15) is 33.9 Å². The summed E-state index contributed by atoms with van der Waals surface area (Å²) in [4.78, 5) is 91.8. The van der Waals surface area contributed by atoms with Gasteiger partial charge in [-0.05, 0) is 130 Å². The minimum atomic E-state index is -2.84. The van der Waals surface area contributed by atoms with Gasteiger partial charge in [0, 0.05) is 72.2 Å². The number of carbonyl (C=O) groups is 6. The van der Waals surface area contributed by atoms with Gasteiger partial charge in [0.15, 0.2) is 0 Å². The number of para-hydroxylation sites is 1. The lowest BCUT2D eigenvalue weighted by Crippen LogP contribution is -2.57. The van der Waals surface area contributed by atoms with E-state index >= 15 is 4.79 Å². The fraction of sp³-hybridized carbons (Fsp3) is 0.537. The molecule has 0 spiro atoms. The summed E-state index contributed by atoms with van der Waals surface area (Å²) in [7, 11) is 1.46. The molecule has 0 fully saturated rings. The normalized spacial score (nSPS) is 17.4. The number of hydrogen-bond donors (Lipinski definition) is 3. The van der Waals surface area contributed by atoms with Crippen LogP contribution in [0.1, 0.15) is 124 Å². The lowest BCUT2D eigenvalue weighted by atomic mass is 10.0. The molecule has 0 aliphatic carbocycles. The predicted molar refractivity (Wildman–Crippen MR) is 288 cm³/mol. The number of carbonyl (C=O) groups excluding carboxylic acids is 6. The van der Waals surface area contributed by atoms with Crippen LogP contribution in [0, 0.1) is 0 Å². The van der Waals surface area contributed by atoms with Crippen molar-refractivity contribution in [2.45, 2.75) is 178 Å². The van der Waals surface area contributed by atoms with Gasteiger partial charge in [-0.2, -0.15) is 0 Å². The molecule has 0 saturated carbocycles. The number of ether oxygens (including phenoxy) is 3. The number of esters is 1. The summed E-state index contributed by atoms with van der Waals surface area (Å²) in [6.45, 7) is 14.6. The molecule has 1 aliphatic heterocycles. The summed E-state index contributed by atoms with van der Waals surface area (Å²) < 4.78 is 46.2. The molecule has 1 aliphatic rings. The first kappa shape index (κ1) is 60.6. The second-order valence-electron chi connectivity index (χ2n) is 21.5. The van der Waals surface area contributed by atoms with E-state index in [0.717, 1.165) is 10.5 Å². The van der Waals surface area contributed by atoms with Crippen LogP contribution in [0.25, 0.3) is 10.9 Å². The zero-order chi connectivity index (χ0) is 55.4. The maximum atomic E-state index is 15.2. The molecule has 0 saturated heterocycles. The van der Waals surface area contributed by atoms with Crippen molar-refractivity contribution in [1.29, 1.82) is 0 Å². The summed E-state index contributed by atoms with van der Waals surface area (Å²) in [5, 5.41) is 11.0. The minimum Gasteiger partial charge on any atom is -0.460 e. The Morgan fingerprint density at radius 2 is 1.52 bits per heavy atom. The number of rotatable bonds is 14. The number of fused-ring (bicyclic) bond motifs is 3. The molecule has 410 valence electrons. The average Bonchev–Trinajstić information content (AvgIpc) is 3.68. The molecule has 4 amide bonds. The van der Waals surface area contributed by atoms with E-state index in [1.54, 1.807) is 117 Å². The van der Waals surface area contributed by atoms with Gasteiger partial charge in [0.25, 0.3) is 6.43 Å². The highest BCUT2D eigenvalue weighted by Gasteiger charge is 2.36. The van der Waals surface area contributed by atoms with Crippen molar-refractivity contribution in [3.63, 3.8) is 0 Å². The summed E-state index contributed by atoms with van der Waals surface area (Å²) in [6, 6.07) is 10.8. The molecule has 2 aromatic heterocycles. The number of benzene rings is 2. The van der Waals surface area contributed by atoms with Crippen LogP contribution in [0.15, 0.2) is 75.3 Å². The molecule has 4 aromatic rings. The Morgan fingerprint density at radius 1 is 0.853 bits per heavy atom. The number of pyridine rings is 1. The average molecular weight is 1150 g/mol. The Kier molecular flexibility index (Phi) is 21.5. The molecule has 2 aromatic carbocycles. The molecular formula is C54H71BrClF2N7O9S. The van der Waals surface area contributed by atoms with Crippen LogP contribution in [-0.4, -0.2) is 117 Å². The summed E-state index contributed by atoms with van der Waals surface area (Å²) in [6.07, 6.45) is 0.193. The van der Waals surface area contributed by atoms with Gasteiger partial charge in [-0.25, -0.2) is 23.4 Å². The molecule has 3 heterocycles. The molecule has 21 heteroatoms. The second-order valence-corrected chi connectivity index (χ2v) is 23.7. The number of nitrogens with one attached hydrogen (secondary N) is 3. The molecular weight excluding hydrogens is 1080 g/mol. The molecule has 3 atom stereocenters. The highest BCUT2D eigenvalue weighted by Crippen LogP contribution is 2.40. The fourth-order valence-electron chi connectivity index (χ4n) is 8.28. The van der Waals surface area contributed by atoms with E-state index in [1.807, 2.05) is 6.07 Å². The van der Waals surface area contributed by atoms with E-state index in [4.69, 9.17) is 25.8 Å². The first-order chi connectivity index (χ1) is 35.1. The Bertz CT molecular complexity index is 2670. The zero-order valence-corrected chi connectivity index (χ0v) is 47.6. The first-order valence-electron chi connectivity index (χ1n) is 25.1. The molecule has 75 heavy (non-hydrogen) atoms. The van der Waals surface area contributed by atoms with Crippen LogP contribution in [-0.2, 0) is 52.9 Å². The second kappa shape index (κ2) is 26.6. The number of hydrogen-bond acceptors (Lipinski definition) is 12. The molecule has 3 N–H and O–H groups in total. The first-order valence-corrected chi connectivity index (χ1v) is 27.1. The van der Waals surface area contributed by atoms with Crippen molar-refractivity contribution in [3.05, 3.63) is 87.1 Å². The molecule has 16 nitrogen and oxygen atoms in total. The molecule has 0 radical (unpaired) electrons. The van der Waals surface area contributed by atoms with Crippen molar-refractivity contribution in [3.8, 4) is 0 Å². The number of likely N-dealkylation sites (N-methyl/N-ethyl adjacent to an activating group) is 1. The monoisotopic (exact) mass is 1150 g/mol. The van der Waals surface area contributed by atoms with Crippen molar-refractivity contribution >= 4 is 86.1 Å². The van der Waals surface area contributed by atoms with E-state index in [0.29, 0.717) is 54.3 Å². The van der Waals surface area contributed by atoms with Crippen molar-refractivity contribution in [2.75, 3.05) is 20.1 Å². The smallest absolute Gasteiger partial charge is 0.419 e. The summed E-state index contributed by atoms with van der Waals surface area (Å²) in [5.74, 6) is -2.14. The van der Waals surface area contributed by atoms with Crippen LogP contribution in [0.3, 0.4) is 0 Å². The minimum absolute atomic E-state index is 0.0222. The van der Waals surface area contributed by atoms with Crippen molar-refractivity contribution in [2.24, 2.45) is 0 Å². The van der Waals surface area contributed by atoms with Crippen LogP contribution in [0.5, 0.6) is 0 Å². The van der Waals surface area contributed by atoms with Crippen LogP contribution < -0.4 is 16.0 Å². The lowest BCUT2D eigenvalue weighted by molar-refractivity contribution is -0.155. The van der Waals surface area contributed by atoms with Gasteiger partial charge >= 0.3 is 18.2 Å². The lowest BCUT2D eigenvalue weighted by Gasteiger charge is -2.32. The number of unbranched alkanes of at least 4 members (excludes halogenated alkanes) is 2. The van der Waals surface area contributed by atoms with Gasteiger partial charge in [-0.1, -0.05) is 70.0 Å². The zero-order valence-electron chi connectivity index (χ0n) is 44.5. The van der Waals surface area contributed by atoms with E-state index in [-0.39, 0.29) is 64.1 Å². The highest BCUT2D eigenvalue weighted by molar-refractivity contribution is 9.10. The van der Waals surface area contributed by atoms with E-state index in [1.165, 1.54) is 28.3 Å². The number of aromatic nitrogens is 2. The SMILES string of the molecule is CN1C(=O)[C@H](CCCCN(CC(F)F)C(=O)OC(C)(C)C)NC(=O)[C@H](CCCCC(=O)OC(C)(C)C)NCc2cccnc2Sc2c(Cl)ccc(Br)c2CNC(=O)[C@@H]1Cc1cn(C(=O)OC(C)(C)C)c2ccccc12. The van der Waals surface area contributed by atoms with Crippen molar-refractivity contribution < 1.29 is 51.8 Å². The summed E-state index contributed by atoms with van der Waals surface area (Å²) >= 11 is 11.9. The van der Waals surface area contributed by atoms with E-state index in [2.05, 4.69) is 36.9 Å². The Labute approximate surface area is 456 Å². The fourth-order valence-corrected chi connectivity index (χ4v) is 10.2. The number of halogens is 4. The van der Waals surface area contributed by atoms with Crippen LogP contribution in [0.4, 0.5) is 18.4 Å². The van der Waals surface area contributed by atoms with Gasteiger partial charge in [0.05, 0.1) is 23.1 Å². The van der Waals surface area contributed by atoms with E-state index < -0.39 is 77.8 Å². The third-order valence-electron chi connectivity index (χ3n) is 11.8. The number of amides is 4. The molecule has 0 bridgehead atoms. The third-order valence-corrected chi connectivity index (χ3v) is 14.2. The largest absolute Gasteiger partial charge is 0.460 e. The van der Waals surface area contributed by atoms with Crippen LogP contribution >= 0.6 is 39.3 Å².